The molecule has 2 heterocycles. The molecule has 0 atom stereocenters. The fourth-order valence-electron chi connectivity index (χ4n) is 2.54. The molecule has 0 spiro atoms. The van der Waals surface area contributed by atoms with Crippen molar-refractivity contribution in [2.75, 3.05) is 0 Å². The highest BCUT2D eigenvalue weighted by molar-refractivity contribution is 7.15. The van der Waals surface area contributed by atoms with Crippen molar-refractivity contribution in [2.45, 2.75) is 51.1 Å². The highest BCUT2D eigenvalue weighted by Crippen LogP contribution is 2.35. The van der Waals surface area contributed by atoms with Gasteiger partial charge >= 0.3 is 0 Å². The largest absolute Gasteiger partial charge is 0.419 e. The van der Waals surface area contributed by atoms with Crippen LogP contribution in [0.5, 0.6) is 0 Å². The van der Waals surface area contributed by atoms with Gasteiger partial charge in [0.1, 0.15) is 0 Å². The van der Waals surface area contributed by atoms with Crippen LogP contribution in [0.15, 0.2) is 10.5 Å². The number of fused-ring (bicyclic) bond motifs is 1. The number of hydrogen-bond donors (Lipinski definition) is 1. The molecule has 0 unspecified atom stereocenters. The summed E-state index contributed by atoms with van der Waals surface area (Å²) in [7, 11) is 0. The molecular weight excluding hydrogens is 258 g/mol. The molecule has 0 aliphatic heterocycles. The summed E-state index contributed by atoms with van der Waals surface area (Å²) in [5.41, 5.74) is 1.49. The summed E-state index contributed by atoms with van der Waals surface area (Å²) in [5, 5.41) is 11.7. The van der Waals surface area contributed by atoms with Gasteiger partial charge in [-0.2, -0.15) is 0 Å². The third-order valence-electron chi connectivity index (χ3n) is 3.79. The number of hydrogen-bond acceptors (Lipinski definition) is 5. The molecule has 0 aromatic carbocycles. The topological polar surface area (TPSA) is 51.0 Å². The first-order valence-electron chi connectivity index (χ1n) is 7.06. The molecule has 4 nitrogen and oxygen atoms in total. The second kappa shape index (κ2) is 4.72. The lowest BCUT2D eigenvalue weighted by Gasteiger charge is -2.08. The number of thiophene rings is 1. The molecule has 1 saturated carbocycles. The smallest absolute Gasteiger partial charge is 0.257 e. The fraction of sp³-hybridized carbons (Fsp3) is 0.571. The van der Waals surface area contributed by atoms with Crippen LogP contribution in [-0.4, -0.2) is 16.2 Å². The average Bonchev–Trinajstić information content (AvgIpc) is 2.99. The molecule has 19 heavy (non-hydrogen) atoms. The SMILES string of the molecule is c1c(-c2nnc(CNC3CC3)o2)sc2c1CCCC2. The van der Waals surface area contributed by atoms with Gasteiger partial charge < -0.3 is 9.73 Å². The van der Waals surface area contributed by atoms with Crippen molar-refractivity contribution < 1.29 is 4.42 Å². The third-order valence-corrected chi connectivity index (χ3v) is 5.02. The highest BCUT2D eigenvalue weighted by atomic mass is 32.1. The van der Waals surface area contributed by atoms with Crippen molar-refractivity contribution >= 4 is 11.3 Å². The molecule has 4 rings (SSSR count). The van der Waals surface area contributed by atoms with Crippen LogP contribution in [0.3, 0.4) is 0 Å². The van der Waals surface area contributed by atoms with E-state index in [2.05, 4.69) is 21.6 Å². The average molecular weight is 275 g/mol. The van der Waals surface area contributed by atoms with Crippen molar-refractivity contribution in [2.24, 2.45) is 0 Å². The van der Waals surface area contributed by atoms with Gasteiger partial charge in [0.25, 0.3) is 5.89 Å². The molecule has 0 bridgehead atoms. The first-order chi connectivity index (χ1) is 9.38. The minimum Gasteiger partial charge on any atom is -0.419 e. The number of nitrogens with one attached hydrogen (secondary N) is 1. The number of aryl methyl sites for hydroxylation is 2. The number of nitrogens with zero attached hydrogens (tertiary/aromatic N) is 2. The van der Waals surface area contributed by atoms with Gasteiger partial charge in [-0.15, -0.1) is 21.5 Å². The summed E-state index contributed by atoms with van der Waals surface area (Å²) in [5.74, 6) is 1.39. The molecule has 1 N–H and O–H groups in total. The normalized spacial score (nSPS) is 18.5. The Kier molecular flexibility index (Phi) is 2.89. The molecule has 2 aromatic rings. The van der Waals surface area contributed by atoms with E-state index in [9.17, 15) is 0 Å². The van der Waals surface area contributed by atoms with Crippen LogP contribution in [0.2, 0.25) is 0 Å². The zero-order valence-corrected chi connectivity index (χ0v) is 11.6. The van der Waals surface area contributed by atoms with Gasteiger partial charge in [0.15, 0.2) is 0 Å². The van der Waals surface area contributed by atoms with Crippen LogP contribution in [0.4, 0.5) is 0 Å². The first-order valence-corrected chi connectivity index (χ1v) is 7.88. The predicted molar refractivity (Wildman–Crippen MR) is 74.1 cm³/mol. The molecule has 2 aromatic heterocycles. The highest BCUT2D eigenvalue weighted by Gasteiger charge is 2.22. The van der Waals surface area contributed by atoms with Crippen LogP contribution in [0, 0.1) is 0 Å². The Morgan fingerprint density at radius 3 is 3.00 bits per heavy atom. The Labute approximate surface area is 116 Å². The predicted octanol–water partition coefficient (Wildman–Crippen LogP) is 2.93. The van der Waals surface area contributed by atoms with E-state index in [1.807, 2.05) is 11.3 Å². The lowest BCUT2D eigenvalue weighted by Crippen LogP contribution is -2.15. The second-order valence-corrected chi connectivity index (χ2v) is 6.56. The fourth-order valence-corrected chi connectivity index (χ4v) is 3.71. The monoisotopic (exact) mass is 275 g/mol. The molecule has 0 amide bonds. The minimum atomic E-state index is 0.671. The van der Waals surface area contributed by atoms with E-state index in [4.69, 9.17) is 4.42 Å². The molecule has 0 saturated heterocycles. The molecule has 1 fully saturated rings. The molecule has 2 aliphatic carbocycles. The summed E-state index contributed by atoms with van der Waals surface area (Å²) in [6, 6.07) is 2.91. The Morgan fingerprint density at radius 2 is 2.16 bits per heavy atom. The van der Waals surface area contributed by atoms with Crippen molar-refractivity contribution in [3.05, 3.63) is 22.4 Å². The van der Waals surface area contributed by atoms with Gasteiger partial charge in [0.2, 0.25) is 5.89 Å². The van der Waals surface area contributed by atoms with Crippen molar-refractivity contribution in [3.8, 4) is 10.8 Å². The van der Waals surface area contributed by atoms with Crippen LogP contribution in [0.25, 0.3) is 10.8 Å². The van der Waals surface area contributed by atoms with Gasteiger partial charge in [-0.3, -0.25) is 0 Å². The van der Waals surface area contributed by atoms with Gasteiger partial charge in [-0.1, -0.05) is 0 Å². The van der Waals surface area contributed by atoms with Crippen molar-refractivity contribution in [1.29, 1.82) is 0 Å². The second-order valence-electron chi connectivity index (χ2n) is 5.42. The van der Waals surface area contributed by atoms with E-state index >= 15 is 0 Å². The maximum Gasteiger partial charge on any atom is 0.257 e. The van der Waals surface area contributed by atoms with Crippen LogP contribution >= 0.6 is 11.3 Å². The summed E-state index contributed by atoms with van der Waals surface area (Å²) in [4.78, 5) is 2.65. The van der Waals surface area contributed by atoms with Crippen LogP contribution in [0.1, 0.15) is 42.0 Å². The van der Waals surface area contributed by atoms with Crippen LogP contribution in [-0.2, 0) is 19.4 Å². The van der Waals surface area contributed by atoms with E-state index < -0.39 is 0 Å². The van der Waals surface area contributed by atoms with E-state index in [-0.39, 0.29) is 0 Å². The Hall–Kier alpha value is -1.20. The van der Waals surface area contributed by atoms with E-state index in [1.165, 1.54) is 49.0 Å². The number of rotatable bonds is 4. The Bertz CT molecular complexity index is 562. The van der Waals surface area contributed by atoms with Crippen molar-refractivity contribution in [1.82, 2.24) is 15.5 Å². The minimum absolute atomic E-state index is 0.671. The molecular formula is C14H17N3OS. The zero-order valence-electron chi connectivity index (χ0n) is 10.8. The maximum atomic E-state index is 5.75. The number of aromatic nitrogens is 2. The summed E-state index contributed by atoms with van der Waals surface area (Å²) in [6.07, 6.45) is 7.59. The standard InChI is InChI=1S/C14H17N3OS/c1-2-4-11-9(3-1)7-12(19-11)14-17-16-13(18-14)8-15-10-5-6-10/h7,10,15H,1-6,8H2. The maximum absolute atomic E-state index is 5.75. The van der Waals surface area contributed by atoms with Gasteiger partial charge in [0.05, 0.1) is 11.4 Å². The quantitative estimate of drug-likeness (QED) is 0.932. The summed E-state index contributed by atoms with van der Waals surface area (Å²) >= 11 is 1.82. The molecule has 2 aliphatic rings. The van der Waals surface area contributed by atoms with E-state index in [0.717, 1.165) is 4.88 Å². The van der Waals surface area contributed by atoms with Gasteiger partial charge in [-0.05, 0) is 50.2 Å². The lowest BCUT2D eigenvalue weighted by molar-refractivity contribution is 0.477. The van der Waals surface area contributed by atoms with E-state index in [0.29, 0.717) is 24.4 Å². The molecule has 5 heteroatoms. The van der Waals surface area contributed by atoms with Crippen LogP contribution < -0.4 is 5.32 Å². The molecule has 0 radical (unpaired) electrons. The summed E-state index contributed by atoms with van der Waals surface area (Å²) in [6.45, 7) is 0.697. The lowest BCUT2D eigenvalue weighted by atomic mass is 9.99. The zero-order chi connectivity index (χ0) is 12.7. The Balaban J connectivity index is 1.52. The Morgan fingerprint density at radius 1 is 1.26 bits per heavy atom. The summed E-state index contributed by atoms with van der Waals surface area (Å²) < 4.78 is 5.75. The first kappa shape index (κ1) is 11.6. The molecule has 100 valence electrons. The van der Waals surface area contributed by atoms with E-state index in [1.54, 1.807) is 0 Å². The van der Waals surface area contributed by atoms with Gasteiger partial charge in [0, 0.05) is 10.9 Å². The third kappa shape index (κ3) is 2.44. The van der Waals surface area contributed by atoms with Gasteiger partial charge in [-0.25, -0.2) is 0 Å². The van der Waals surface area contributed by atoms with Crippen molar-refractivity contribution in [3.63, 3.8) is 0 Å².